The van der Waals surface area contributed by atoms with Gasteiger partial charge in [0.05, 0.1) is 6.54 Å². The van der Waals surface area contributed by atoms with Crippen LogP contribution in [0.2, 0.25) is 0 Å². The summed E-state index contributed by atoms with van der Waals surface area (Å²) in [7, 11) is 0. The van der Waals surface area contributed by atoms with E-state index in [9.17, 15) is 14.4 Å². The third-order valence-electron chi connectivity index (χ3n) is 4.98. The van der Waals surface area contributed by atoms with Gasteiger partial charge in [-0.3, -0.25) is 14.4 Å². The molecule has 0 bridgehead atoms. The Morgan fingerprint density at radius 3 is 2.16 bits per heavy atom. The Kier molecular flexibility index (Phi) is 6.08. The summed E-state index contributed by atoms with van der Waals surface area (Å²) in [6, 6.07) is 24.1. The first-order valence-corrected chi connectivity index (χ1v) is 10.2. The number of nitrogens with one attached hydrogen (secondary N) is 3. The Balaban J connectivity index is 1.29. The second-order valence-corrected chi connectivity index (χ2v) is 7.50. The van der Waals surface area contributed by atoms with Gasteiger partial charge in [0.1, 0.15) is 0 Å². The summed E-state index contributed by atoms with van der Waals surface area (Å²) >= 11 is 0. The van der Waals surface area contributed by atoms with Crippen LogP contribution in [0.15, 0.2) is 78.9 Å². The summed E-state index contributed by atoms with van der Waals surface area (Å²) in [5.74, 6) is -0.841. The van der Waals surface area contributed by atoms with Crippen LogP contribution in [-0.4, -0.2) is 30.3 Å². The van der Waals surface area contributed by atoms with E-state index in [2.05, 4.69) is 16.0 Å². The lowest BCUT2D eigenvalue weighted by Gasteiger charge is -2.09. The molecule has 0 radical (unpaired) electrons. The van der Waals surface area contributed by atoms with Crippen LogP contribution in [0.25, 0.3) is 11.1 Å². The topological polar surface area (TPSA) is 87.3 Å². The van der Waals surface area contributed by atoms with Gasteiger partial charge in [0, 0.05) is 22.9 Å². The highest BCUT2D eigenvalue weighted by atomic mass is 16.2. The van der Waals surface area contributed by atoms with Crippen molar-refractivity contribution < 1.29 is 14.4 Å². The van der Waals surface area contributed by atoms with E-state index in [-0.39, 0.29) is 30.3 Å². The molecule has 6 heteroatoms. The first-order chi connectivity index (χ1) is 15.1. The molecule has 3 aromatic carbocycles. The SMILES string of the molecule is O=C(CNC(=O)c1ccc(-c2ccccc2)cc1)Nc1cccc(C(=O)NC2CC2)c1. The van der Waals surface area contributed by atoms with E-state index in [1.165, 1.54) is 0 Å². The lowest BCUT2D eigenvalue weighted by molar-refractivity contribution is -0.115. The molecule has 0 atom stereocenters. The number of hydrogen-bond donors (Lipinski definition) is 3. The smallest absolute Gasteiger partial charge is 0.251 e. The zero-order valence-electron chi connectivity index (χ0n) is 16.9. The first kappa shape index (κ1) is 20.3. The van der Waals surface area contributed by atoms with Crippen LogP contribution in [0.1, 0.15) is 33.6 Å². The van der Waals surface area contributed by atoms with Gasteiger partial charge < -0.3 is 16.0 Å². The lowest BCUT2D eigenvalue weighted by Crippen LogP contribution is -2.33. The molecule has 156 valence electrons. The fourth-order valence-corrected chi connectivity index (χ4v) is 3.15. The minimum atomic E-state index is -0.367. The first-order valence-electron chi connectivity index (χ1n) is 10.2. The zero-order valence-corrected chi connectivity index (χ0v) is 16.9. The third-order valence-corrected chi connectivity index (χ3v) is 4.98. The van der Waals surface area contributed by atoms with E-state index < -0.39 is 0 Å². The van der Waals surface area contributed by atoms with Crippen molar-refractivity contribution in [1.29, 1.82) is 0 Å². The maximum absolute atomic E-state index is 12.4. The molecular weight excluding hydrogens is 390 g/mol. The van der Waals surface area contributed by atoms with Gasteiger partial charge in [0.15, 0.2) is 0 Å². The van der Waals surface area contributed by atoms with Crippen LogP contribution in [0.4, 0.5) is 5.69 Å². The summed E-state index contributed by atoms with van der Waals surface area (Å²) in [4.78, 5) is 36.7. The van der Waals surface area contributed by atoms with Gasteiger partial charge in [0.2, 0.25) is 5.91 Å². The highest BCUT2D eigenvalue weighted by molar-refractivity contribution is 6.00. The molecular formula is C25H23N3O3. The molecule has 3 amide bonds. The summed E-state index contributed by atoms with van der Waals surface area (Å²) in [6.45, 7) is -0.169. The monoisotopic (exact) mass is 413 g/mol. The van der Waals surface area contributed by atoms with Crippen LogP contribution in [-0.2, 0) is 4.79 Å². The summed E-state index contributed by atoms with van der Waals surface area (Å²) in [5, 5.41) is 8.24. The van der Waals surface area contributed by atoms with Crippen LogP contribution < -0.4 is 16.0 Å². The fourth-order valence-electron chi connectivity index (χ4n) is 3.15. The molecule has 1 fully saturated rings. The van der Waals surface area contributed by atoms with Crippen LogP contribution >= 0.6 is 0 Å². The molecule has 4 rings (SSSR count). The van der Waals surface area contributed by atoms with Crippen molar-refractivity contribution in [1.82, 2.24) is 10.6 Å². The highest BCUT2D eigenvalue weighted by Crippen LogP contribution is 2.20. The fraction of sp³-hybridized carbons (Fsp3) is 0.160. The Hall–Kier alpha value is -3.93. The molecule has 1 aliphatic carbocycles. The molecule has 0 unspecified atom stereocenters. The average molecular weight is 413 g/mol. The molecule has 3 N–H and O–H groups in total. The van der Waals surface area contributed by atoms with E-state index in [4.69, 9.17) is 0 Å². The number of carbonyl (C=O) groups is 3. The number of anilines is 1. The van der Waals surface area contributed by atoms with Crippen molar-refractivity contribution in [3.8, 4) is 11.1 Å². The van der Waals surface area contributed by atoms with Crippen molar-refractivity contribution in [3.63, 3.8) is 0 Å². The van der Waals surface area contributed by atoms with E-state index in [0.717, 1.165) is 24.0 Å². The molecule has 1 aliphatic rings. The second-order valence-electron chi connectivity index (χ2n) is 7.50. The highest BCUT2D eigenvalue weighted by Gasteiger charge is 2.23. The second kappa shape index (κ2) is 9.26. The van der Waals surface area contributed by atoms with Crippen molar-refractivity contribution in [3.05, 3.63) is 90.0 Å². The zero-order chi connectivity index (χ0) is 21.6. The molecule has 0 saturated heterocycles. The minimum Gasteiger partial charge on any atom is -0.349 e. The average Bonchev–Trinajstić information content (AvgIpc) is 3.62. The van der Waals surface area contributed by atoms with Gasteiger partial charge in [0.25, 0.3) is 11.8 Å². The largest absolute Gasteiger partial charge is 0.349 e. The van der Waals surface area contributed by atoms with Gasteiger partial charge in [-0.25, -0.2) is 0 Å². The molecule has 6 nitrogen and oxygen atoms in total. The van der Waals surface area contributed by atoms with E-state index in [1.807, 2.05) is 42.5 Å². The quantitative estimate of drug-likeness (QED) is 0.553. The predicted molar refractivity (Wildman–Crippen MR) is 120 cm³/mol. The molecule has 0 aromatic heterocycles. The van der Waals surface area contributed by atoms with Crippen molar-refractivity contribution in [2.24, 2.45) is 0 Å². The molecule has 0 heterocycles. The minimum absolute atomic E-state index is 0.147. The maximum atomic E-state index is 12.4. The Labute approximate surface area is 180 Å². The number of amides is 3. The van der Waals surface area contributed by atoms with Crippen LogP contribution in [0, 0.1) is 0 Å². The van der Waals surface area contributed by atoms with E-state index in [0.29, 0.717) is 16.8 Å². The van der Waals surface area contributed by atoms with Crippen LogP contribution in [0.3, 0.4) is 0 Å². The van der Waals surface area contributed by atoms with Crippen LogP contribution in [0.5, 0.6) is 0 Å². The number of carbonyl (C=O) groups excluding carboxylic acids is 3. The standard InChI is InChI=1S/C25H23N3O3/c29-23(27-22-8-4-7-20(15-22)25(31)28-21-13-14-21)16-26-24(30)19-11-9-18(10-12-19)17-5-2-1-3-6-17/h1-12,15,21H,13-14,16H2,(H,26,30)(H,27,29)(H,28,31). The Morgan fingerprint density at radius 1 is 0.742 bits per heavy atom. The van der Waals surface area contributed by atoms with Gasteiger partial charge in [-0.15, -0.1) is 0 Å². The Morgan fingerprint density at radius 2 is 1.45 bits per heavy atom. The lowest BCUT2D eigenvalue weighted by atomic mass is 10.0. The van der Waals surface area contributed by atoms with Gasteiger partial charge in [-0.2, -0.15) is 0 Å². The summed E-state index contributed by atoms with van der Waals surface area (Å²) < 4.78 is 0. The summed E-state index contributed by atoms with van der Waals surface area (Å²) in [5.41, 5.74) is 3.57. The number of benzene rings is 3. The van der Waals surface area contributed by atoms with Crippen molar-refractivity contribution in [2.75, 3.05) is 11.9 Å². The molecule has 0 aliphatic heterocycles. The normalized spacial score (nSPS) is 12.6. The number of rotatable bonds is 7. The van der Waals surface area contributed by atoms with E-state index in [1.54, 1.807) is 36.4 Å². The number of hydrogen-bond acceptors (Lipinski definition) is 3. The predicted octanol–water partition coefficient (Wildman–Crippen LogP) is 3.61. The molecule has 3 aromatic rings. The van der Waals surface area contributed by atoms with Crippen molar-refractivity contribution >= 4 is 23.4 Å². The maximum Gasteiger partial charge on any atom is 0.251 e. The van der Waals surface area contributed by atoms with Gasteiger partial charge in [-0.05, 0) is 54.3 Å². The van der Waals surface area contributed by atoms with E-state index >= 15 is 0 Å². The Bertz CT molecular complexity index is 1090. The molecule has 31 heavy (non-hydrogen) atoms. The van der Waals surface area contributed by atoms with Crippen molar-refractivity contribution in [2.45, 2.75) is 18.9 Å². The molecule has 1 saturated carbocycles. The molecule has 0 spiro atoms. The van der Waals surface area contributed by atoms with Gasteiger partial charge >= 0.3 is 0 Å². The van der Waals surface area contributed by atoms with Gasteiger partial charge in [-0.1, -0.05) is 48.5 Å². The third kappa shape index (κ3) is 5.57. The summed E-state index contributed by atoms with van der Waals surface area (Å²) in [6.07, 6.45) is 2.02.